The Morgan fingerprint density at radius 3 is 1.44 bits per heavy atom. The fraction of sp³-hybridized carbons (Fsp3) is 0.111. The third kappa shape index (κ3) is 4.66. The van der Waals surface area contributed by atoms with Gasteiger partial charge in [0.25, 0.3) is 0 Å². The van der Waals surface area contributed by atoms with Crippen LogP contribution in [0.5, 0.6) is 0 Å². The van der Waals surface area contributed by atoms with Crippen molar-refractivity contribution < 1.29 is 0 Å². The van der Waals surface area contributed by atoms with Crippen LogP contribution in [-0.2, 0) is 10.8 Å². The predicted molar refractivity (Wildman–Crippen MR) is 234 cm³/mol. The molecule has 0 spiro atoms. The second kappa shape index (κ2) is 11.5. The van der Waals surface area contributed by atoms with Gasteiger partial charge in [0.1, 0.15) is 0 Å². The summed E-state index contributed by atoms with van der Waals surface area (Å²) in [5.74, 6) is 0. The number of hydrogen-bond donors (Lipinski definition) is 0. The van der Waals surface area contributed by atoms with Crippen molar-refractivity contribution >= 4 is 49.4 Å². The molecule has 0 N–H and O–H groups in total. The lowest BCUT2D eigenvalue weighted by Gasteiger charge is -2.28. The van der Waals surface area contributed by atoms with Gasteiger partial charge in [-0.1, -0.05) is 161 Å². The van der Waals surface area contributed by atoms with Gasteiger partial charge >= 0.3 is 0 Å². The lowest BCUT2D eigenvalue weighted by molar-refractivity contribution is 0.660. The summed E-state index contributed by atoms with van der Waals surface area (Å²) < 4.78 is 0. The predicted octanol–water partition coefficient (Wildman–Crippen LogP) is 14.9. The van der Waals surface area contributed by atoms with E-state index >= 15 is 0 Å². The highest BCUT2D eigenvalue weighted by molar-refractivity contribution is 6.20. The maximum Gasteiger partial charge on any atom is 0.0468 e. The van der Waals surface area contributed by atoms with Crippen LogP contribution in [0.4, 0.5) is 17.1 Å². The van der Waals surface area contributed by atoms with E-state index in [2.05, 4.69) is 209 Å². The van der Waals surface area contributed by atoms with E-state index in [0.717, 1.165) is 17.1 Å². The van der Waals surface area contributed by atoms with E-state index in [9.17, 15) is 0 Å². The standard InChI is InChI=1S/C54H41N/c1-53(2)48-15-9-7-13-44(48)46-32-40(26-29-50(46)53)55(41-27-30-51-47(33-41)45-14-8-10-16-49(45)54(51,3)4)39-24-21-34(22-25-39)37-23-28-43-38(31-37)20-19-36-18-17-35-11-5-6-12-42(35)52(36)43/h5-33H,1-4H3. The van der Waals surface area contributed by atoms with Gasteiger partial charge in [0.05, 0.1) is 0 Å². The first kappa shape index (κ1) is 32.0. The second-order valence-electron chi connectivity index (χ2n) is 16.6. The van der Waals surface area contributed by atoms with Crippen molar-refractivity contribution in [1.29, 1.82) is 0 Å². The number of benzene rings is 9. The summed E-state index contributed by atoms with van der Waals surface area (Å²) in [7, 11) is 0. The minimum Gasteiger partial charge on any atom is -0.310 e. The molecule has 0 radical (unpaired) electrons. The average Bonchev–Trinajstić information content (AvgIpc) is 3.59. The van der Waals surface area contributed by atoms with Gasteiger partial charge in [0, 0.05) is 27.9 Å². The molecule has 1 heteroatoms. The third-order valence-corrected chi connectivity index (χ3v) is 12.8. The molecule has 2 aliphatic carbocycles. The quantitative estimate of drug-likeness (QED) is 0.165. The molecule has 0 amide bonds. The molecule has 0 atom stereocenters. The number of rotatable bonds is 4. The number of hydrogen-bond acceptors (Lipinski definition) is 1. The Balaban J connectivity index is 1.05. The van der Waals surface area contributed by atoms with Crippen molar-refractivity contribution in [2.75, 3.05) is 4.90 Å². The fourth-order valence-electron chi connectivity index (χ4n) is 9.96. The first-order chi connectivity index (χ1) is 26.8. The molecule has 0 fully saturated rings. The topological polar surface area (TPSA) is 3.24 Å². The molecule has 0 saturated heterocycles. The molecule has 9 aromatic rings. The largest absolute Gasteiger partial charge is 0.310 e. The van der Waals surface area contributed by atoms with Gasteiger partial charge < -0.3 is 4.90 Å². The van der Waals surface area contributed by atoms with Crippen molar-refractivity contribution in [3.05, 3.63) is 198 Å². The highest BCUT2D eigenvalue weighted by atomic mass is 15.1. The Morgan fingerprint density at radius 2 is 0.800 bits per heavy atom. The van der Waals surface area contributed by atoms with E-state index in [4.69, 9.17) is 0 Å². The molecule has 0 aliphatic heterocycles. The van der Waals surface area contributed by atoms with E-state index in [1.165, 1.54) is 88.0 Å². The smallest absolute Gasteiger partial charge is 0.0468 e. The molecular weight excluding hydrogens is 663 g/mol. The molecule has 55 heavy (non-hydrogen) atoms. The van der Waals surface area contributed by atoms with Crippen LogP contribution in [0.25, 0.3) is 65.7 Å². The summed E-state index contributed by atoms with van der Waals surface area (Å²) in [5.41, 5.74) is 16.7. The summed E-state index contributed by atoms with van der Waals surface area (Å²) in [5, 5.41) is 7.74. The van der Waals surface area contributed by atoms with Crippen LogP contribution in [0.1, 0.15) is 49.9 Å². The van der Waals surface area contributed by atoms with E-state index in [1.807, 2.05) is 0 Å². The summed E-state index contributed by atoms with van der Waals surface area (Å²) in [6.07, 6.45) is 0. The number of fused-ring (bicyclic) bond motifs is 11. The normalized spacial score (nSPS) is 14.5. The Kier molecular flexibility index (Phi) is 6.72. The molecule has 2 aliphatic rings. The molecule has 0 unspecified atom stereocenters. The number of anilines is 3. The van der Waals surface area contributed by atoms with Gasteiger partial charge in [-0.05, 0) is 130 Å². The van der Waals surface area contributed by atoms with E-state index in [0.29, 0.717) is 0 Å². The molecule has 0 heterocycles. The van der Waals surface area contributed by atoms with E-state index in [-0.39, 0.29) is 10.8 Å². The van der Waals surface area contributed by atoms with Crippen LogP contribution in [-0.4, -0.2) is 0 Å². The first-order valence-electron chi connectivity index (χ1n) is 19.5. The molecule has 9 aromatic carbocycles. The molecule has 262 valence electrons. The van der Waals surface area contributed by atoms with Gasteiger partial charge in [0.2, 0.25) is 0 Å². The zero-order chi connectivity index (χ0) is 37.1. The van der Waals surface area contributed by atoms with Crippen molar-refractivity contribution in [1.82, 2.24) is 0 Å². The minimum absolute atomic E-state index is 0.0426. The molecule has 0 bridgehead atoms. The van der Waals surface area contributed by atoms with Gasteiger partial charge in [0.15, 0.2) is 0 Å². The van der Waals surface area contributed by atoms with Crippen LogP contribution in [0.15, 0.2) is 176 Å². The first-order valence-corrected chi connectivity index (χ1v) is 19.5. The van der Waals surface area contributed by atoms with Gasteiger partial charge in [-0.3, -0.25) is 0 Å². The van der Waals surface area contributed by atoms with Crippen molar-refractivity contribution in [3.8, 4) is 33.4 Å². The molecular formula is C54H41N. The van der Waals surface area contributed by atoms with Gasteiger partial charge in [-0.25, -0.2) is 0 Å². The van der Waals surface area contributed by atoms with Crippen LogP contribution in [0, 0.1) is 0 Å². The summed E-state index contributed by atoms with van der Waals surface area (Å²) >= 11 is 0. The molecule has 1 nitrogen and oxygen atoms in total. The lowest BCUT2D eigenvalue weighted by Crippen LogP contribution is -2.16. The van der Waals surface area contributed by atoms with Crippen molar-refractivity contribution in [3.63, 3.8) is 0 Å². The van der Waals surface area contributed by atoms with Crippen molar-refractivity contribution in [2.45, 2.75) is 38.5 Å². The Hall–Kier alpha value is -6.44. The summed E-state index contributed by atoms with van der Waals surface area (Å²) in [6.45, 7) is 9.41. The van der Waals surface area contributed by atoms with Crippen molar-refractivity contribution in [2.24, 2.45) is 0 Å². The van der Waals surface area contributed by atoms with E-state index in [1.54, 1.807) is 0 Å². The summed E-state index contributed by atoms with van der Waals surface area (Å²) in [6, 6.07) is 65.9. The Labute approximate surface area is 323 Å². The van der Waals surface area contributed by atoms with Gasteiger partial charge in [-0.15, -0.1) is 0 Å². The van der Waals surface area contributed by atoms with Crippen LogP contribution >= 0.6 is 0 Å². The fourth-order valence-corrected chi connectivity index (χ4v) is 9.96. The molecule has 0 aromatic heterocycles. The lowest BCUT2D eigenvalue weighted by atomic mass is 9.82. The maximum atomic E-state index is 2.45. The SMILES string of the molecule is CC1(C)c2ccccc2-c2cc(N(c3ccc(-c4ccc5c(ccc6ccc7ccccc7c65)c4)cc3)c3ccc4c(c3)-c3ccccc3C4(C)C)ccc21. The number of nitrogens with zero attached hydrogens (tertiary/aromatic N) is 1. The zero-order valence-electron chi connectivity index (χ0n) is 31.7. The summed E-state index contributed by atoms with van der Waals surface area (Å²) in [4.78, 5) is 2.45. The Morgan fingerprint density at radius 1 is 0.327 bits per heavy atom. The Bertz CT molecular complexity index is 2930. The average molecular weight is 704 g/mol. The van der Waals surface area contributed by atoms with Crippen LogP contribution in [0.2, 0.25) is 0 Å². The monoisotopic (exact) mass is 703 g/mol. The van der Waals surface area contributed by atoms with Crippen LogP contribution < -0.4 is 4.90 Å². The second-order valence-corrected chi connectivity index (χ2v) is 16.6. The van der Waals surface area contributed by atoms with E-state index < -0.39 is 0 Å². The minimum atomic E-state index is -0.0426. The maximum absolute atomic E-state index is 2.45. The van der Waals surface area contributed by atoms with Gasteiger partial charge in [-0.2, -0.15) is 0 Å². The third-order valence-electron chi connectivity index (χ3n) is 12.8. The highest BCUT2D eigenvalue weighted by Gasteiger charge is 2.37. The molecule has 0 saturated carbocycles. The zero-order valence-corrected chi connectivity index (χ0v) is 31.7. The van der Waals surface area contributed by atoms with Crippen LogP contribution in [0.3, 0.4) is 0 Å². The molecule has 11 rings (SSSR count). The highest BCUT2D eigenvalue weighted by Crippen LogP contribution is 2.53.